The minimum Gasteiger partial charge on any atom is -0.396 e. The fourth-order valence-corrected chi connectivity index (χ4v) is 3.86. The van der Waals surface area contributed by atoms with E-state index < -0.39 is 0 Å². The highest BCUT2D eigenvalue weighted by Crippen LogP contribution is 2.38. The van der Waals surface area contributed by atoms with E-state index in [9.17, 15) is 5.11 Å². The highest BCUT2D eigenvalue weighted by molar-refractivity contribution is 4.89. The Balaban J connectivity index is 1.89. The van der Waals surface area contributed by atoms with E-state index in [4.69, 9.17) is 5.11 Å². The van der Waals surface area contributed by atoms with Gasteiger partial charge in [-0.25, -0.2) is 0 Å². The van der Waals surface area contributed by atoms with Crippen LogP contribution in [-0.2, 0) is 0 Å². The topological polar surface area (TPSA) is 43.7 Å². The molecule has 0 aromatic carbocycles. The molecule has 0 aromatic rings. The predicted octanol–water partition coefficient (Wildman–Crippen LogP) is 2.17. The van der Waals surface area contributed by atoms with Crippen molar-refractivity contribution in [3.05, 3.63) is 0 Å². The minimum absolute atomic E-state index is 0.181. The number of hydrogen-bond donors (Lipinski definition) is 2. The standard InChI is InChI=1S/C15H29NO2/c17-11-5-7-14-6-4-10-16(14)12-15(13-18)8-2-1-3-9-15/h14,17-18H,1-13H2. The van der Waals surface area contributed by atoms with E-state index in [1.54, 1.807) is 0 Å². The fraction of sp³-hybridized carbons (Fsp3) is 1.00. The van der Waals surface area contributed by atoms with Crippen molar-refractivity contribution in [2.75, 3.05) is 26.3 Å². The quantitative estimate of drug-likeness (QED) is 0.764. The third-order valence-corrected chi connectivity index (χ3v) is 4.98. The van der Waals surface area contributed by atoms with Gasteiger partial charge in [0.2, 0.25) is 0 Å². The molecule has 0 aromatic heterocycles. The van der Waals surface area contributed by atoms with Crippen LogP contribution in [0.25, 0.3) is 0 Å². The lowest BCUT2D eigenvalue weighted by Gasteiger charge is -2.40. The van der Waals surface area contributed by atoms with E-state index in [0.717, 1.165) is 19.4 Å². The number of aliphatic hydroxyl groups excluding tert-OH is 2. The van der Waals surface area contributed by atoms with Gasteiger partial charge in [-0.2, -0.15) is 0 Å². The number of likely N-dealkylation sites (tertiary alicyclic amines) is 1. The highest BCUT2D eigenvalue weighted by atomic mass is 16.3. The van der Waals surface area contributed by atoms with Crippen LogP contribution in [0.5, 0.6) is 0 Å². The Morgan fingerprint density at radius 1 is 1.06 bits per heavy atom. The molecule has 2 aliphatic rings. The van der Waals surface area contributed by atoms with E-state index in [1.165, 1.54) is 51.5 Å². The van der Waals surface area contributed by atoms with E-state index in [2.05, 4.69) is 4.90 Å². The molecule has 0 spiro atoms. The minimum atomic E-state index is 0.181. The molecule has 106 valence electrons. The van der Waals surface area contributed by atoms with Gasteiger partial charge in [-0.3, -0.25) is 4.90 Å². The molecule has 1 unspecified atom stereocenters. The maximum absolute atomic E-state index is 9.80. The van der Waals surface area contributed by atoms with Crippen molar-refractivity contribution in [3.63, 3.8) is 0 Å². The van der Waals surface area contributed by atoms with Crippen molar-refractivity contribution in [1.29, 1.82) is 0 Å². The van der Waals surface area contributed by atoms with Gasteiger partial charge in [-0.15, -0.1) is 0 Å². The molecule has 18 heavy (non-hydrogen) atoms. The van der Waals surface area contributed by atoms with Crippen molar-refractivity contribution in [1.82, 2.24) is 4.90 Å². The van der Waals surface area contributed by atoms with Crippen LogP contribution in [0.2, 0.25) is 0 Å². The zero-order chi connectivity index (χ0) is 12.8. The SMILES string of the molecule is OCCCC1CCCN1CC1(CO)CCCCC1. The van der Waals surface area contributed by atoms with E-state index in [1.807, 2.05) is 0 Å². The summed E-state index contributed by atoms with van der Waals surface area (Å²) in [5.74, 6) is 0. The molecule has 0 amide bonds. The monoisotopic (exact) mass is 255 g/mol. The van der Waals surface area contributed by atoms with Crippen LogP contribution >= 0.6 is 0 Å². The summed E-state index contributed by atoms with van der Waals surface area (Å²) in [5, 5.41) is 18.8. The first kappa shape index (κ1) is 14.3. The summed E-state index contributed by atoms with van der Waals surface area (Å²) >= 11 is 0. The maximum atomic E-state index is 9.80. The molecule has 1 aliphatic heterocycles. The van der Waals surface area contributed by atoms with Crippen LogP contribution in [-0.4, -0.2) is 47.5 Å². The summed E-state index contributed by atoms with van der Waals surface area (Å²) in [5.41, 5.74) is 0.181. The second-order valence-corrected chi connectivity index (χ2v) is 6.35. The molecular weight excluding hydrogens is 226 g/mol. The van der Waals surface area contributed by atoms with E-state index >= 15 is 0 Å². The molecule has 1 saturated heterocycles. The Morgan fingerprint density at radius 2 is 1.83 bits per heavy atom. The molecule has 1 heterocycles. The summed E-state index contributed by atoms with van der Waals surface area (Å²) in [6.45, 7) is 2.95. The van der Waals surface area contributed by atoms with Gasteiger partial charge in [0.15, 0.2) is 0 Å². The molecule has 3 heteroatoms. The molecule has 1 atom stereocenters. The Kier molecular flexibility index (Phi) is 5.46. The van der Waals surface area contributed by atoms with Crippen molar-refractivity contribution in [3.8, 4) is 0 Å². The number of aliphatic hydroxyl groups is 2. The molecular formula is C15H29NO2. The summed E-state index contributed by atoms with van der Waals surface area (Å²) in [7, 11) is 0. The Bertz CT molecular complexity index is 239. The maximum Gasteiger partial charge on any atom is 0.0499 e. The fourth-order valence-electron chi connectivity index (χ4n) is 3.86. The molecule has 0 radical (unpaired) electrons. The molecule has 2 fully saturated rings. The van der Waals surface area contributed by atoms with Crippen molar-refractivity contribution in [2.24, 2.45) is 5.41 Å². The van der Waals surface area contributed by atoms with Gasteiger partial charge in [0, 0.05) is 31.2 Å². The van der Waals surface area contributed by atoms with Crippen LogP contribution in [0.4, 0.5) is 0 Å². The van der Waals surface area contributed by atoms with Crippen molar-refractivity contribution < 1.29 is 10.2 Å². The normalized spacial score (nSPS) is 28.7. The summed E-state index contributed by atoms with van der Waals surface area (Å²) in [6.07, 6.45) is 10.9. The summed E-state index contributed by atoms with van der Waals surface area (Å²) in [6, 6.07) is 0.655. The number of nitrogens with zero attached hydrogens (tertiary/aromatic N) is 1. The molecule has 2 N–H and O–H groups in total. The van der Waals surface area contributed by atoms with Crippen LogP contribution < -0.4 is 0 Å². The largest absolute Gasteiger partial charge is 0.396 e. The Labute approximate surface area is 111 Å². The Morgan fingerprint density at radius 3 is 2.50 bits per heavy atom. The van der Waals surface area contributed by atoms with Gasteiger partial charge in [0.25, 0.3) is 0 Å². The van der Waals surface area contributed by atoms with Crippen LogP contribution in [0.15, 0.2) is 0 Å². The number of hydrogen-bond acceptors (Lipinski definition) is 3. The van der Waals surface area contributed by atoms with Crippen LogP contribution in [0.3, 0.4) is 0 Å². The first-order valence-corrected chi connectivity index (χ1v) is 7.75. The average molecular weight is 255 g/mol. The molecule has 2 rings (SSSR count). The molecule has 1 aliphatic carbocycles. The van der Waals surface area contributed by atoms with Crippen molar-refractivity contribution >= 4 is 0 Å². The highest BCUT2D eigenvalue weighted by Gasteiger charge is 2.36. The lowest BCUT2D eigenvalue weighted by atomic mass is 9.74. The van der Waals surface area contributed by atoms with E-state index in [-0.39, 0.29) is 5.41 Å². The predicted molar refractivity (Wildman–Crippen MR) is 73.5 cm³/mol. The van der Waals surface area contributed by atoms with Crippen LogP contribution in [0, 0.1) is 5.41 Å². The number of rotatable bonds is 6. The molecule has 0 bridgehead atoms. The van der Waals surface area contributed by atoms with Crippen LogP contribution in [0.1, 0.15) is 57.8 Å². The van der Waals surface area contributed by atoms with Gasteiger partial charge in [0.05, 0.1) is 0 Å². The summed E-state index contributed by atoms with van der Waals surface area (Å²) in [4.78, 5) is 2.59. The molecule has 3 nitrogen and oxygen atoms in total. The second-order valence-electron chi connectivity index (χ2n) is 6.35. The first-order valence-electron chi connectivity index (χ1n) is 7.75. The summed E-state index contributed by atoms with van der Waals surface area (Å²) < 4.78 is 0. The Hall–Kier alpha value is -0.120. The van der Waals surface area contributed by atoms with Gasteiger partial charge in [0.1, 0.15) is 0 Å². The van der Waals surface area contributed by atoms with Crippen molar-refractivity contribution in [2.45, 2.75) is 63.8 Å². The first-order chi connectivity index (χ1) is 8.79. The van der Waals surface area contributed by atoms with Gasteiger partial charge < -0.3 is 10.2 Å². The lowest BCUT2D eigenvalue weighted by molar-refractivity contribution is 0.0343. The lowest BCUT2D eigenvalue weighted by Crippen LogP contribution is -2.43. The van der Waals surface area contributed by atoms with Gasteiger partial charge in [-0.1, -0.05) is 19.3 Å². The zero-order valence-corrected chi connectivity index (χ0v) is 11.6. The third-order valence-electron chi connectivity index (χ3n) is 4.98. The van der Waals surface area contributed by atoms with E-state index in [0.29, 0.717) is 19.3 Å². The third kappa shape index (κ3) is 3.46. The van der Waals surface area contributed by atoms with Gasteiger partial charge in [-0.05, 0) is 45.1 Å². The van der Waals surface area contributed by atoms with Gasteiger partial charge >= 0.3 is 0 Å². The smallest absolute Gasteiger partial charge is 0.0499 e. The second kappa shape index (κ2) is 6.88. The molecule has 1 saturated carbocycles. The average Bonchev–Trinajstić information content (AvgIpc) is 2.84. The zero-order valence-electron chi connectivity index (χ0n) is 11.6.